The third kappa shape index (κ3) is 3.51. The van der Waals surface area contributed by atoms with Crippen LogP contribution in [-0.4, -0.2) is 11.8 Å². The number of halogens is 1. The predicted octanol–water partition coefficient (Wildman–Crippen LogP) is 4.09. The molecule has 2 amide bonds. The number of hydrazine groups is 1. The quantitative estimate of drug-likeness (QED) is 0.778. The summed E-state index contributed by atoms with van der Waals surface area (Å²) in [7, 11) is 0. The fraction of sp³-hybridized carbons (Fsp3) is 0.400. The molecule has 0 radical (unpaired) electrons. The Morgan fingerprint density at radius 1 is 1.23 bits per heavy atom. The van der Waals surface area contributed by atoms with Crippen LogP contribution >= 0.6 is 22.9 Å². The van der Waals surface area contributed by atoms with Crippen LogP contribution in [0.2, 0.25) is 5.02 Å². The Morgan fingerprint density at radius 2 is 2.04 bits per heavy atom. The highest BCUT2D eigenvalue weighted by Gasteiger charge is 2.45. The number of fused-ring (bicyclic) bond motifs is 1. The Morgan fingerprint density at radius 3 is 2.85 bits per heavy atom. The number of carbonyl (C=O) groups is 2. The highest BCUT2D eigenvalue weighted by atomic mass is 35.5. The second kappa shape index (κ2) is 7.05. The van der Waals surface area contributed by atoms with Crippen molar-refractivity contribution in [3.05, 3.63) is 56.2 Å². The fourth-order valence-electron chi connectivity index (χ4n) is 3.69. The molecule has 1 heterocycles. The summed E-state index contributed by atoms with van der Waals surface area (Å²) in [6.45, 7) is 2.24. The lowest BCUT2D eigenvalue weighted by Gasteiger charge is -2.16. The minimum absolute atomic E-state index is 0.132. The zero-order valence-electron chi connectivity index (χ0n) is 14.5. The van der Waals surface area contributed by atoms with Crippen molar-refractivity contribution in [2.45, 2.75) is 38.5 Å². The van der Waals surface area contributed by atoms with Gasteiger partial charge in [-0.15, -0.1) is 11.3 Å². The van der Waals surface area contributed by atoms with Gasteiger partial charge in [-0.2, -0.15) is 0 Å². The van der Waals surface area contributed by atoms with E-state index in [1.54, 1.807) is 0 Å². The first-order chi connectivity index (χ1) is 12.5. The summed E-state index contributed by atoms with van der Waals surface area (Å²) >= 11 is 7.74. The Labute approximate surface area is 161 Å². The van der Waals surface area contributed by atoms with Gasteiger partial charge in [0.05, 0.1) is 4.88 Å². The second-order valence-corrected chi connectivity index (χ2v) is 8.86. The van der Waals surface area contributed by atoms with Crippen molar-refractivity contribution in [1.82, 2.24) is 10.9 Å². The summed E-state index contributed by atoms with van der Waals surface area (Å²) in [5.41, 5.74) is 7.43. The molecular weight excluding hydrogens is 368 g/mol. The number of hydrogen-bond donors (Lipinski definition) is 2. The fourth-order valence-corrected chi connectivity index (χ4v) is 5.07. The average Bonchev–Trinajstić information content (AvgIpc) is 3.31. The Balaban J connectivity index is 1.33. The summed E-state index contributed by atoms with van der Waals surface area (Å²) in [5, 5.41) is 0.690. The minimum Gasteiger partial charge on any atom is -0.273 e. The van der Waals surface area contributed by atoms with Gasteiger partial charge in [0.15, 0.2) is 0 Å². The van der Waals surface area contributed by atoms with Gasteiger partial charge in [0.2, 0.25) is 5.91 Å². The van der Waals surface area contributed by atoms with E-state index < -0.39 is 0 Å². The molecule has 1 fully saturated rings. The van der Waals surface area contributed by atoms with Crippen LogP contribution in [0.15, 0.2) is 30.3 Å². The van der Waals surface area contributed by atoms with Crippen molar-refractivity contribution in [2.24, 2.45) is 11.8 Å². The van der Waals surface area contributed by atoms with Crippen molar-refractivity contribution in [2.75, 3.05) is 0 Å². The minimum atomic E-state index is -0.236. The van der Waals surface area contributed by atoms with Gasteiger partial charge in [0.25, 0.3) is 5.91 Å². The summed E-state index contributed by atoms with van der Waals surface area (Å²) in [4.78, 5) is 26.6. The van der Waals surface area contributed by atoms with E-state index in [4.69, 9.17) is 11.6 Å². The molecule has 1 aromatic carbocycles. The molecule has 6 heteroatoms. The summed E-state index contributed by atoms with van der Waals surface area (Å²) in [6, 6.07) is 9.57. The largest absolute Gasteiger partial charge is 0.279 e. The maximum Gasteiger partial charge on any atom is 0.279 e. The average molecular weight is 389 g/mol. The maximum atomic E-state index is 12.4. The SMILES string of the molecule is CC1CCc2sc(C(=O)NNC(=O)C3CC3c3ccccc3Cl)cc2C1. The number of aryl methyl sites for hydroxylation is 1. The van der Waals surface area contributed by atoms with E-state index in [-0.39, 0.29) is 23.7 Å². The topological polar surface area (TPSA) is 58.2 Å². The predicted molar refractivity (Wildman–Crippen MR) is 103 cm³/mol. The molecule has 0 aliphatic heterocycles. The van der Waals surface area contributed by atoms with E-state index in [0.29, 0.717) is 15.8 Å². The molecule has 26 heavy (non-hydrogen) atoms. The van der Waals surface area contributed by atoms with E-state index in [1.807, 2.05) is 30.3 Å². The van der Waals surface area contributed by atoms with Crippen LogP contribution < -0.4 is 10.9 Å². The molecule has 0 saturated heterocycles. The molecule has 3 unspecified atom stereocenters. The summed E-state index contributed by atoms with van der Waals surface area (Å²) in [5.74, 6) is 0.284. The van der Waals surface area contributed by atoms with Gasteiger partial charge in [-0.25, -0.2) is 0 Å². The van der Waals surface area contributed by atoms with Gasteiger partial charge >= 0.3 is 0 Å². The van der Waals surface area contributed by atoms with Crippen LogP contribution in [0, 0.1) is 11.8 Å². The van der Waals surface area contributed by atoms with Crippen LogP contribution in [-0.2, 0) is 17.6 Å². The van der Waals surface area contributed by atoms with E-state index in [1.165, 1.54) is 28.2 Å². The molecule has 2 N–H and O–H groups in total. The number of thiophene rings is 1. The monoisotopic (exact) mass is 388 g/mol. The molecular formula is C20H21ClN2O2S. The first-order valence-corrected chi connectivity index (χ1v) is 10.2. The summed E-state index contributed by atoms with van der Waals surface area (Å²) < 4.78 is 0. The smallest absolute Gasteiger partial charge is 0.273 e. The number of hydrogen-bond acceptors (Lipinski definition) is 3. The molecule has 0 bridgehead atoms. The van der Waals surface area contributed by atoms with Crippen molar-refractivity contribution >= 4 is 34.8 Å². The molecule has 2 aromatic rings. The Kier molecular flexibility index (Phi) is 4.76. The molecule has 2 aliphatic carbocycles. The van der Waals surface area contributed by atoms with Crippen molar-refractivity contribution in [1.29, 1.82) is 0 Å². The normalized spacial score (nSPS) is 23.8. The van der Waals surface area contributed by atoms with E-state index in [2.05, 4.69) is 17.8 Å². The second-order valence-electron chi connectivity index (χ2n) is 7.32. The summed E-state index contributed by atoms with van der Waals surface area (Å²) in [6.07, 6.45) is 4.02. The van der Waals surface area contributed by atoms with E-state index in [9.17, 15) is 9.59 Å². The highest BCUT2D eigenvalue weighted by Crippen LogP contribution is 2.49. The first kappa shape index (κ1) is 17.6. The van der Waals surface area contributed by atoms with Crippen molar-refractivity contribution in [3.8, 4) is 0 Å². The number of benzene rings is 1. The lowest BCUT2D eigenvalue weighted by atomic mass is 9.90. The number of nitrogens with one attached hydrogen (secondary N) is 2. The number of amides is 2. The zero-order chi connectivity index (χ0) is 18.3. The molecule has 1 saturated carbocycles. The first-order valence-electron chi connectivity index (χ1n) is 8.99. The van der Waals surface area contributed by atoms with Crippen molar-refractivity contribution < 1.29 is 9.59 Å². The van der Waals surface area contributed by atoms with Crippen LogP contribution in [0.1, 0.15) is 51.4 Å². The third-order valence-corrected chi connectivity index (χ3v) is 6.86. The zero-order valence-corrected chi connectivity index (χ0v) is 16.1. The van der Waals surface area contributed by atoms with Crippen LogP contribution in [0.4, 0.5) is 0 Å². The number of carbonyl (C=O) groups excluding carboxylic acids is 2. The highest BCUT2D eigenvalue weighted by molar-refractivity contribution is 7.14. The van der Waals surface area contributed by atoms with Gasteiger partial charge in [-0.1, -0.05) is 36.7 Å². The van der Waals surface area contributed by atoms with E-state index in [0.717, 1.165) is 24.8 Å². The standard InChI is InChI=1S/C20H21ClN2O2S/c1-11-6-7-17-12(8-11)9-18(26-17)20(25)23-22-19(24)15-10-14(15)13-4-2-3-5-16(13)21/h2-5,9,11,14-15H,6-8,10H2,1H3,(H,22,24)(H,23,25). The lowest BCUT2D eigenvalue weighted by Crippen LogP contribution is -2.42. The molecule has 4 nitrogen and oxygen atoms in total. The van der Waals surface area contributed by atoms with Crippen LogP contribution in [0.3, 0.4) is 0 Å². The van der Waals surface area contributed by atoms with Gasteiger partial charge in [-0.3, -0.25) is 20.4 Å². The van der Waals surface area contributed by atoms with Crippen LogP contribution in [0.5, 0.6) is 0 Å². The van der Waals surface area contributed by atoms with Gasteiger partial charge in [0, 0.05) is 15.8 Å². The van der Waals surface area contributed by atoms with Gasteiger partial charge in [0.1, 0.15) is 0 Å². The van der Waals surface area contributed by atoms with Crippen LogP contribution in [0.25, 0.3) is 0 Å². The third-order valence-electron chi connectivity index (χ3n) is 5.28. The molecule has 0 spiro atoms. The lowest BCUT2D eigenvalue weighted by molar-refractivity contribution is -0.123. The Bertz CT molecular complexity index is 863. The number of rotatable bonds is 3. The maximum absolute atomic E-state index is 12.4. The Hall–Kier alpha value is -1.85. The molecule has 136 valence electrons. The molecule has 4 rings (SSSR count). The molecule has 3 atom stereocenters. The van der Waals surface area contributed by atoms with Crippen molar-refractivity contribution in [3.63, 3.8) is 0 Å². The van der Waals surface area contributed by atoms with Gasteiger partial charge < -0.3 is 0 Å². The van der Waals surface area contributed by atoms with Gasteiger partial charge in [-0.05, 0) is 60.8 Å². The van der Waals surface area contributed by atoms with E-state index >= 15 is 0 Å². The molecule has 2 aliphatic rings. The molecule has 1 aromatic heterocycles.